The zero-order valence-electron chi connectivity index (χ0n) is 10.8. The number of urea groups is 1. The predicted octanol–water partition coefficient (Wildman–Crippen LogP) is 1.27. The van der Waals surface area contributed by atoms with E-state index in [4.69, 9.17) is 9.57 Å². The summed E-state index contributed by atoms with van der Waals surface area (Å²) in [5.74, 6) is -0.491. The van der Waals surface area contributed by atoms with Crippen molar-refractivity contribution >= 4 is 23.3 Å². The molecule has 3 rings (SSSR count). The molecule has 0 aliphatic carbocycles. The molecule has 2 bridgehead atoms. The fourth-order valence-electron chi connectivity index (χ4n) is 2.50. The van der Waals surface area contributed by atoms with Gasteiger partial charge in [0, 0.05) is 0 Å². The van der Waals surface area contributed by atoms with Crippen molar-refractivity contribution in [1.29, 1.82) is 0 Å². The molecule has 8 heteroatoms. The second-order valence-corrected chi connectivity index (χ2v) is 5.27. The van der Waals surface area contributed by atoms with E-state index >= 15 is 0 Å². The fourth-order valence-corrected chi connectivity index (χ4v) is 3.39. The quantitative estimate of drug-likeness (QED) is 0.618. The zero-order valence-corrected chi connectivity index (χ0v) is 11.6. The summed E-state index contributed by atoms with van der Waals surface area (Å²) in [6, 6.07) is -1.37. The Kier molecular flexibility index (Phi) is 3.19. The summed E-state index contributed by atoms with van der Waals surface area (Å²) in [6.07, 6.45) is 1.57. The first kappa shape index (κ1) is 13.1. The maximum absolute atomic E-state index is 12.4. The molecule has 0 aromatic carbocycles. The van der Waals surface area contributed by atoms with Gasteiger partial charge in [0.05, 0.1) is 36.3 Å². The molecule has 1 aromatic rings. The molecule has 1 fully saturated rings. The van der Waals surface area contributed by atoms with Gasteiger partial charge in [0.1, 0.15) is 6.04 Å². The van der Waals surface area contributed by atoms with E-state index in [1.54, 1.807) is 11.6 Å². The molecule has 0 radical (unpaired) electrons. The lowest BCUT2D eigenvalue weighted by molar-refractivity contribution is -0.146. The van der Waals surface area contributed by atoms with Crippen molar-refractivity contribution in [2.24, 2.45) is 0 Å². The van der Waals surface area contributed by atoms with Crippen LogP contribution < -0.4 is 0 Å². The van der Waals surface area contributed by atoms with Crippen LogP contribution in [-0.2, 0) is 14.4 Å². The molecule has 20 heavy (non-hydrogen) atoms. The maximum Gasteiger partial charge on any atom is 0.345 e. The van der Waals surface area contributed by atoms with Crippen LogP contribution in [0.25, 0.3) is 0 Å². The van der Waals surface area contributed by atoms with Gasteiger partial charge in [-0.05, 0) is 0 Å². The maximum atomic E-state index is 12.4. The smallest absolute Gasteiger partial charge is 0.345 e. The monoisotopic (exact) mass is 295 g/mol. The standard InChI is InChI=1S/C12H13N3O4S/c1-3-4-19-15-7-5-14(12(15)17)9(11(16)18-2)8-10(7)20-6-13-8/h3,6-7,9H,1,4-5H2,2H3/t7-,9-/m0/s1. The highest BCUT2D eigenvalue weighted by Gasteiger charge is 2.52. The van der Waals surface area contributed by atoms with Crippen molar-refractivity contribution in [2.45, 2.75) is 12.1 Å². The van der Waals surface area contributed by atoms with Gasteiger partial charge in [0.15, 0.2) is 6.04 Å². The van der Waals surface area contributed by atoms with E-state index in [9.17, 15) is 9.59 Å². The number of ether oxygens (including phenoxy) is 1. The highest BCUT2D eigenvalue weighted by atomic mass is 32.1. The molecular formula is C12H13N3O4S. The number of nitrogens with zero attached hydrogens (tertiary/aromatic N) is 3. The van der Waals surface area contributed by atoms with Crippen molar-refractivity contribution in [3.8, 4) is 0 Å². The van der Waals surface area contributed by atoms with Crippen molar-refractivity contribution < 1.29 is 19.2 Å². The number of carbonyl (C=O) groups excluding carboxylic acids is 2. The number of thiazole rings is 1. The van der Waals surface area contributed by atoms with Crippen LogP contribution in [0.1, 0.15) is 22.7 Å². The van der Waals surface area contributed by atoms with Crippen LogP contribution in [0.15, 0.2) is 18.2 Å². The molecule has 2 amide bonds. The van der Waals surface area contributed by atoms with E-state index in [1.807, 2.05) is 0 Å². The van der Waals surface area contributed by atoms with Gasteiger partial charge in [-0.2, -0.15) is 5.06 Å². The zero-order chi connectivity index (χ0) is 14.3. The molecule has 1 saturated heterocycles. The number of esters is 1. The molecule has 0 saturated carbocycles. The summed E-state index contributed by atoms with van der Waals surface area (Å²) in [7, 11) is 1.30. The third-order valence-corrected chi connectivity index (χ3v) is 4.29. The van der Waals surface area contributed by atoms with Crippen molar-refractivity contribution in [3.05, 3.63) is 28.7 Å². The van der Waals surface area contributed by atoms with Crippen LogP contribution in [0.3, 0.4) is 0 Å². The Morgan fingerprint density at radius 3 is 3.20 bits per heavy atom. The minimum atomic E-state index is -0.790. The minimum absolute atomic E-state index is 0.229. The second-order valence-electron chi connectivity index (χ2n) is 4.39. The number of hydrogen-bond acceptors (Lipinski definition) is 6. The third kappa shape index (κ3) is 1.72. The normalized spacial score (nSPS) is 23.8. The van der Waals surface area contributed by atoms with Gasteiger partial charge in [0.2, 0.25) is 0 Å². The van der Waals surface area contributed by atoms with Crippen LogP contribution in [0.5, 0.6) is 0 Å². The van der Waals surface area contributed by atoms with Crippen LogP contribution >= 0.6 is 11.3 Å². The summed E-state index contributed by atoms with van der Waals surface area (Å²) in [5, 5.41) is 1.29. The van der Waals surface area contributed by atoms with Gasteiger partial charge in [0.25, 0.3) is 0 Å². The average molecular weight is 295 g/mol. The van der Waals surface area contributed by atoms with E-state index in [0.29, 0.717) is 12.2 Å². The van der Waals surface area contributed by atoms with Crippen molar-refractivity contribution in [3.63, 3.8) is 0 Å². The minimum Gasteiger partial charge on any atom is -0.467 e. The third-order valence-electron chi connectivity index (χ3n) is 3.34. The van der Waals surface area contributed by atoms with Crippen LogP contribution in [0.2, 0.25) is 0 Å². The Bertz CT molecular complexity index is 573. The van der Waals surface area contributed by atoms with Gasteiger partial charge in [-0.3, -0.25) is 4.84 Å². The molecule has 106 valence electrons. The molecule has 0 unspecified atom stereocenters. The van der Waals surface area contributed by atoms with Crippen LogP contribution in [0.4, 0.5) is 4.79 Å². The number of fused-ring (bicyclic) bond motifs is 4. The number of rotatable bonds is 4. The SMILES string of the molecule is C=CCON1C(=O)N2C[C@H]1c1scnc1[C@H]2C(=O)OC. The van der Waals surface area contributed by atoms with Crippen molar-refractivity contribution in [1.82, 2.24) is 14.9 Å². The first-order valence-corrected chi connectivity index (χ1v) is 6.91. The first-order valence-electron chi connectivity index (χ1n) is 6.03. The molecule has 2 aliphatic rings. The Labute approximate surface area is 119 Å². The Morgan fingerprint density at radius 1 is 1.70 bits per heavy atom. The van der Waals surface area contributed by atoms with E-state index in [2.05, 4.69) is 11.6 Å². The Morgan fingerprint density at radius 2 is 2.50 bits per heavy atom. The number of amides is 2. The van der Waals surface area contributed by atoms with Gasteiger partial charge in [-0.15, -0.1) is 17.9 Å². The van der Waals surface area contributed by atoms with Crippen LogP contribution in [0, 0.1) is 0 Å². The highest BCUT2D eigenvalue weighted by molar-refractivity contribution is 7.09. The largest absolute Gasteiger partial charge is 0.467 e. The second kappa shape index (κ2) is 4.88. The number of aromatic nitrogens is 1. The molecule has 3 heterocycles. The molecule has 7 nitrogen and oxygen atoms in total. The fraction of sp³-hybridized carbons (Fsp3) is 0.417. The Hall–Kier alpha value is -1.93. The summed E-state index contributed by atoms with van der Waals surface area (Å²) in [6.45, 7) is 4.19. The van der Waals surface area contributed by atoms with Gasteiger partial charge in [-0.1, -0.05) is 6.08 Å². The lowest BCUT2D eigenvalue weighted by Gasteiger charge is -2.27. The van der Waals surface area contributed by atoms with E-state index in [-0.39, 0.29) is 18.7 Å². The Balaban J connectivity index is 2.00. The van der Waals surface area contributed by atoms with Crippen LogP contribution in [-0.4, -0.2) is 47.2 Å². The van der Waals surface area contributed by atoms with Crippen molar-refractivity contribution in [2.75, 3.05) is 20.3 Å². The summed E-state index contributed by atoms with van der Waals surface area (Å²) in [4.78, 5) is 36.2. The molecule has 0 N–H and O–H groups in total. The summed E-state index contributed by atoms with van der Waals surface area (Å²) < 4.78 is 4.79. The summed E-state index contributed by atoms with van der Waals surface area (Å²) >= 11 is 1.41. The highest BCUT2D eigenvalue weighted by Crippen LogP contribution is 2.45. The first-order chi connectivity index (χ1) is 9.69. The van der Waals surface area contributed by atoms with E-state index < -0.39 is 12.0 Å². The average Bonchev–Trinajstić information content (AvgIpc) is 3.03. The molecule has 1 aromatic heterocycles. The van der Waals surface area contributed by atoms with E-state index in [0.717, 1.165) is 4.88 Å². The lowest BCUT2D eigenvalue weighted by atomic mass is 10.0. The molecule has 2 aliphatic heterocycles. The molecule has 2 atom stereocenters. The van der Waals surface area contributed by atoms with E-state index in [1.165, 1.54) is 28.4 Å². The number of hydrogen-bond donors (Lipinski definition) is 0. The molecular weight excluding hydrogens is 282 g/mol. The number of carbonyl (C=O) groups is 2. The van der Waals surface area contributed by atoms with Gasteiger partial charge in [-0.25, -0.2) is 14.6 Å². The van der Waals surface area contributed by atoms with Gasteiger partial charge >= 0.3 is 12.0 Å². The molecule has 0 spiro atoms. The predicted molar refractivity (Wildman–Crippen MR) is 69.7 cm³/mol. The summed E-state index contributed by atoms with van der Waals surface area (Å²) in [5.41, 5.74) is 2.25. The number of methoxy groups -OCH3 is 1. The lowest BCUT2D eigenvalue weighted by Crippen LogP contribution is -2.39. The number of hydroxylamine groups is 2. The topological polar surface area (TPSA) is 72.0 Å². The van der Waals surface area contributed by atoms with Gasteiger partial charge < -0.3 is 9.64 Å².